The van der Waals surface area contributed by atoms with E-state index in [9.17, 15) is 10.2 Å². The van der Waals surface area contributed by atoms with Gasteiger partial charge in [0, 0.05) is 13.1 Å². The second-order valence-electron chi connectivity index (χ2n) is 8.05. The van der Waals surface area contributed by atoms with Crippen LogP contribution in [0.1, 0.15) is 111 Å². The average molecular weight is 358 g/mol. The third-order valence-electron chi connectivity index (χ3n) is 4.87. The van der Waals surface area contributed by atoms with Crippen LogP contribution in [-0.2, 0) is 0 Å². The van der Waals surface area contributed by atoms with E-state index in [2.05, 4.69) is 11.8 Å². The molecule has 2 N–H and O–H groups in total. The Labute approximate surface area is 158 Å². The molecule has 2 unspecified atom stereocenters. The molecule has 3 nitrogen and oxygen atoms in total. The van der Waals surface area contributed by atoms with Crippen molar-refractivity contribution < 1.29 is 10.2 Å². The monoisotopic (exact) mass is 357 g/mol. The summed E-state index contributed by atoms with van der Waals surface area (Å²) < 4.78 is 0. The van der Waals surface area contributed by atoms with E-state index in [-0.39, 0.29) is 12.2 Å². The first kappa shape index (κ1) is 24.9. The maximum atomic E-state index is 9.53. The highest BCUT2D eigenvalue weighted by molar-refractivity contribution is 4.64. The SMILES string of the molecule is CCCCCCCCCCCCCCCCN(CC(C)O)CC(C)O. The van der Waals surface area contributed by atoms with Crippen molar-refractivity contribution in [3.8, 4) is 0 Å². The van der Waals surface area contributed by atoms with Crippen molar-refractivity contribution in [3.05, 3.63) is 0 Å². The molecule has 0 aromatic carbocycles. The van der Waals surface area contributed by atoms with E-state index in [1.54, 1.807) is 0 Å². The molecule has 0 bridgehead atoms. The Hall–Kier alpha value is -0.120. The van der Waals surface area contributed by atoms with Crippen LogP contribution < -0.4 is 0 Å². The summed E-state index contributed by atoms with van der Waals surface area (Å²) in [7, 11) is 0. The quantitative estimate of drug-likeness (QED) is 0.299. The molecular formula is C22H47NO2. The Morgan fingerprint density at radius 3 is 1.20 bits per heavy atom. The van der Waals surface area contributed by atoms with Gasteiger partial charge in [0.15, 0.2) is 0 Å². The normalized spacial score (nSPS) is 14.2. The Balaban J connectivity index is 3.33. The van der Waals surface area contributed by atoms with E-state index in [1.807, 2.05) is 13.8 Å². The standard InChI is InChI=1S/C22H47NO2/c1-4-5-6-7-8-9-10-11-12-13-14-15-16-17-18-23(19-21(2)24)20-22(3)25/h21-22,24-25H,4-20H2,1-3H3. The molecule has 25 heavy (non-hydrogen) atoms. The van der Waals surface area contributed by atoms with Crippen LogP contribution in [0.3, 0.4) is 0 Å². The number of nitrogens with zero attached hydrogens (tertiary/aromatic N) is 1. The fraction of sp³-hybridized carbons (Fsp3) is 1.00. The summed E-state index contributed by atoms with van der Waals surface area (Å²) in [5.41, 5.74) is 0. The minimum absolute atomic E-state index is 0.314. The molecule has 3 heteroatoms. The number of rotatable bonds is 19. The lowest BCUT2D eigenvalue weighted by Crippen LogP contribution is -2.36. The van der Waals surface area contributed by atoms with Gasteiger partial charge in [0.25, 0.3) is 0 Å². The Kier molecular flexibility index (Phi) is 18.6. The number of aliphatic hydroxyl groups is 2. The summed E-state index contributed by atoms with van der Waals surface area (Å²) in [4.78, 5) is 2.19. The second-order valence-corrected chi connectivity index (χ2v) is 8.05. The summed E-state index contributed by atoms with van der Waals surface area (Å²) in [5.74, 6) is 0. The van der Waals surface area contributed by atoms with Gasteiger partial charge < -0.3 is 10.2 Å². The topological polar surface area (TPSA) is 43.7 Å². The minimum atomic E-state index is -0.314. The molecule has 2 atom stereocenters. The van der Waals surface area contributed by atoms with Crippen LogP contribution in [0.15, 0.2) is 0 Å². The minimum Gasteiger partial charge on any atom is -0.392 e. The van der Waals surface area contributed by atoms with E-state index < -0.39 is 0 Å². The lowest BCUT2D eigenvalue weighted by atomic mass is 10.0. The van der Waals surface area contributed by atoms with E-state index in [4.69, 9.17) is 0 Å². The van der Waals surface area contributed by atoms with Crippen molar-refractivity contribution in [2.45, 2.75) is 123 Å². The van der Waals surface area contributed by atoms with Crippen LogP contribution in [-0.4, -0.2) is 47.0 Å². The predicted molar refractivity (Wildman–Crippen MR) is 110 cm³/mol. The molecule has 0 aliphatic heterocycles. The van der Waals surface area contributed by atoms with Crippen LogP contribution >= 0.6 is 0 Å². The van der Waals surface area contributed by atoms with Gasteiger partial charge in [-0.25, -0.2) is 0 Å². The lowest BCUT2D eigenvalue weighted by Gasteiger charge is -2.24. The van der Waals surface area contributed by atoms with Crippen LogP contribution in [0.4, 0.5) is 0 Å². The van der Waals surface area contributed by atoms with Gasteiger partial charge in [-0.15, -0.1) is 0 Å². The predicted octanol–water partition coefficient (Wildman–Crippen LogP) is 5.53. The fourth-order valence-electron chi connectivity index (χ4n) is 3.53. The molecule has 0 saturated carbocycles. The zero-order chi connectivity index (χ0) is 18.8. The highest BCUT2D eigenvalue weighted by Crippen LogP contribution is 2.13. The molecule has 0 rings (SSSR count). The van der Waals surface area contributed by atoms with Crippen LogP contribution in [0.25, 0.3) is 0 Å². The molecule has 0 aliphatic rings. The average Bonchev–Trinajstić information content (AvgIpc) is 2.54. The smallest absolute Gasteiger partial charge is 0.0639 e. The maximum absolute atomic E-state index is 9.53. The van der Waals surface area contributed by atoms with E-state index in [1.165, 1.54) is 89.9 Å². The zero-order valence-corrected chi connectivity index (χ0v) is 17.5. The molecule has 0 aromatic rings. The molecule has 152 valence electrons. The molecule has 0 amide bonds. The number of hydrogen-bond donors (Lipinski definition) is 2. The van der Waals surface area contributed by atoms with Crippen LogP contribution in [0, 0.1) is 0 Å². The molecule has 0 spiro atoms. The Morgan fingerprint density at radius 1 is 0.560 bits per heavy atom. The third-order valence-corrected chi connectivity index (χ3v) is 4.87. The highest BCUT2D eigenvalue weighted by atomic mass is 16.3. The second kappa shape index (κ2) is 18.7. The van der Waals surface area contributed by atoms with Crippen LogP contribution in [0.2, 0.25) is 0 Å². The molecule has 0 fully saturated rings. The van der Waals surface area contributed by atoms with Crippen molar-refractivity contribution in [2.75, 3.05) is 19.6 Å². The lowest BCUT2D eigenvalue weighted by molar-refractivity contribution is 0.0825. The first-order valence-electron chi connectivity index (χ1n) is 11.1. The maximum Gasteiger partial charge on any atom is 0.0639 e. The van der Waals surface area contributed by atoms with E-state index in [0.29, 0.717) is 13.1 Å². The summed E-state index contributed by atoms with van der Waals surface area (Å²) >= 11 is 0. The summed E-state index contributed by atoms with van der Waals surface area (Å²) in [6.45, 7) is 8.25. The first-order chi connectivity index (χ1) is 12.1. The van der Waals surface area contributed by atoms with Crippen molar-refractivity contribution in [2.24, 2.45) is 0 Å². The van der Waals surface area contributed by atoms with E-state index >= 15 is 0 Å². The van der Waals surface area contributed by atoms with Gasteiger partial charge in [-0.1, -0.05) is 90.4 Å². The molecule has 0 aliphatic carbocycles. The molecular weight excluding hydrogens is 310 g/mol. The number of hydrogen-bond acceptors (Lipinski definition) is 3. The van der Waals surface area contributed by atoms with Gasteiger partial charge in [-0.2, -0.15) is 0 Å². The summed E-state index contributed by atoms with van der Waals surface area (Å²) in [6, 6.07) is 0. The Bertz CT molecular complexity index is 246. The van der Waals surface area contributed by atoms with Gasteiger partial charge >= 0.3 is 0 Å². The highest BCUT2D eigenvalue weighted by Gasteiger charge is 2.10. The zero-order valence-electron chi connectivity index (χ0n) is 17.5. The fourth-order valence-corrected chi connectivity index (χ4v) is 3.53. The largest absolute Gasteiger partial charge is 0.392 e. The first-order valence-corrected chi connectivity index (χ1v) is 11.1. The van der Waals surface area contributed by atoms with Gasteiger partial charge in [-0.3, -0.25) is 4.90 Å². The number of unbranched alkanes of at least 4 members (excludes halogenated alkanes) is 13. The van der Waals surface area contributed by atoms with Crippen molar-refractivity contribution in [3.63, 3.8) is 0 Å². The number of aliphatic hydroxyl groups excluding tert-OH is 2. The van der Waals surface area contributed by atoms with Gasteiger partial charge in [0.1, 0.15) is 0 Å². The van der Waals surface area contributed by atoms with Crippen molar-refractivity contribution in [1.29, 1.82) is 0 Å². The third kappa shape index (κ3) is 20.0. The molecule has 0 saturated heterocycles. The van der Waals surface area contributed by atoms with Gasteiger partial charge in [0.05, 0.1) is 12.2 Å². The Morgan fingerprint density at radius 2 is 0.880 bits per heavy atom. The van der Waals surface area contributed by atoms with Gasteiger partial charge in [0.2, 0.25) is 0 Å². The van der Waals surface area contributed by atoms with Crippen LogP contribution in [0.5, 0.6) is 0 Å². The molecule has 0 heterocycles. The summed E-state index contributed by atoms with van der Waals surface area (Å²) in [6.07, 6.45) is 18.7. The van der Waals surface area contributed by atoms with Crippen molar-refractivity contribution >= 4 is 0 Å². The van der Waals surface area contributed by atoms with Gasteiger partial charge in [-0.05, 0) is 26.8 Å². The molecule has 0 aromatic heterocycles. The van der Waals surface area contributed by atoms with Crippen molar-refractivity contribution in [1.82, 2.24) is 4.90 Å². The summed E-state index contributed by atoms with van der Waals surface area (Å²) in [5, 5.41) is 19.1. The molecule has 0 radical (unpaired) electrons. The van der Waals surface area contributed by atoms with E-state index in [0.717, 1.165) is 6.54 Å².